The number of aryl methyl sites for hydroxylation is 3. The predicted molar refractivity (Wildman–Crippen MR) is 70.8 cm³/mol. The molecule has 1 rings (SSSR count). The molecule has 0 fully saturated rings. The van der Waals surface area contributed by atoms with Crippen LogP contribution in [0.1, 0.15) is 37.5 Å². The quantitative estimate of drug-likeness (QED) is 0.671. The van der Waals surface area contributed by atoms with E-state index in [0.717, 1.165) is 30.4 Å². The molecule has 1 aromatic rings. The van der Waals surface area contributed by atoms with Crippen LogP contribution in [0.2, 0.25) is 0 Å². The third kappa shape index (κ3) is 4.01. The molecule has 0 saturated heterocycles. The monoisotopic (exact) mass is 266 g/mol. The molecule has 16 heavy (non-hydrogen) atoms. The fourth-order valence-corrected chi connectivity index (χ4v) is 2.64. The van der Waals surface area contributed by atoms with Crippen molar-refractivity contribution in [3.05, 3.63) is 28.8 Å². The van der Waals surface area contributed by atoms with Crippen molar-refractivity contribution >= 4 is 62.5 Å². The minimum absolute atomic E-state index is 0. The molecule has 1 unspecified atom stereocenters. The second-order valence-electron chi connectivity index (χ2n) is 3.55. The fraction of sp³-hybridized carbons (Fsp3) is 0.500. The van der Waals surface area contributed by atoms with Crippen LogP contribution in [0.3, 0.4) is 0 Å². The Morgan fingerprint density at radius 3 is 1.75 bits per heavy atom. The summed E-state index contributed by atoms with van der Waals surface area (Å²) in [4.78, 5) is 0.622. The van der Waals surface area contributed by atoms with Crippen molar-refractivity contribution in [2.24, 2.45) is 0 Å². The normalized spacial score (nSPS) is 12.0. The summed E-state index contributed by atoms with van der Waals surface area (Å²) >= 11 is -1.86. The Hall–Kier alpha value is 0.966. The average Bonchev–Trinajstić information content (AvgIpc) is 2.26. The molecule has 1 atom stereocenters. The Kier molecular flexibility index (Phi) is 8.63. The second-order valence-corrected chi connectivity index (χ2v) is 4.46. The van der Waals surface area contributed by atoms with Gasteiger partial charge >= 0.3 is 51.4 Å². The van der Waals surface area contributed by atoms with Gasteiger partial charge in [0.15, 0.2) is 11.1 Å². The summed E-state index contributed by atoms with van der Waals surface area (Å²) in [5.41, 5.74) is 3.26. The third-order valence-corrected chi connectivity index (χ3v) is 3.52. The Labute approximate surface area is 143 Å². The zero-order valence-electron chi connectivity index (χ0n) is 9.54. The Balaban J connectivity index is 0.00000225. The first-order valence-electron chi connectivity index (χ1n) is 5.39. The van der Waals surface area contributed by atoms with E-state index in [9.17, 15) is 8.76 Å². The molecule has 0 amide bonds. The Morgan fingerprint density at radius 1 is 1.06 bits per heavy atom. The molecule has 0 spiro atoms. The van der Waals surface area contributed by atoms with Crippen molar-refractivity contribution in [3.8, 4) is 0 Å². The van der Waals surface area contributed by atoms with Gasteiger partial charge in [-0.1, -0.05) is 32.9 Å². The average molecular weight is 266 g/mol. The molecule has 0 aliphatic heterocycles. The standard InChI is InChI=1S/C12H18O2S.K.H/c1-4-9-7-10(5-2)12(15(13)14)11(6-3)8-9;;/h7-8H,4-6H2,1-3H3,(H,13,14);;. The summed E-state index contributed by atoms with van der Waals surface area (Å²) in [6, 6.07) is 4.09. The van der Waals surface area contributed by atoms with Crippen molar-refractivity contribution in [2.75, 3.05) is 0 Å². The molecule has 0 heterocycles. The number of rotatable bonds is 4. The van der Waals surface area contributed by atoms with Gasteiger partial charge in [-0.2, -0.15) is 0 Å². The number of hydrogen-bond acceptors (Lipinski definition) is 1. The molecule has 0 aliphatic carbocycles. The summed E-state index contributed by atoms with van der Waals surface area (Å²) in [7, 11) is 0. The summed E-state index contributed by atoms with van der Waals surface area (Å²) in [5.74, 6) is 0. The van der Waals surface area contributed by atoms with Gasteiger partial charge in [0.05, 0.1) is 4.90 Å². The summed E-state index contributed by atoms with van der Waals surface area (Å²) < 4.78 is 20.6. The Bertz CT molecular complexity index is 352. The van der Waals surface area contributed by atoms with Gasteiger partial charge in [-0.25, -0.2) is 4.21 Å². The third-order valence-electron chi connectivity index (χ3n) is 2.65. The number of hydrogen-bond donors (Lipinski definition) is 1. The van der Waals surface area contributed by atoms with Gasteiger partial charge in [-0.05, 0) is 36.0 Å². The molecule has 0 saturated carbocycles. The topological polar surface area (TPSA) is 37.3 Å². The molecular formula is C12H19KO2S. The molecular weight excluding hydrogens is 247 g/mol. The molecule has 0 aliphatic rings. The molecule has 0 radical (unpaired) electrons. The van der Waals surface area contributed by atoms with E-state index in [0.29, 0.717) is 4.90 Å². The zero-order valence-corrected chi connectivity index (χ0v) is 10.4. The number of benzene rings is 1. The summed E-state index contributed by atoms with van der Waals surface area (Å²) in [6.45, 7) is 6.14. The van der Waals surface area contributed by atoms with E-state index in [4.69, 9.17) is 0 Å². The van der Waals surface area contributed by atoms with Gasteiger partial charge in [-0.15, -0.1) is 0 Å². The molecule has 0 aromatic heterocycles. The van der Waals surface area contributed by atoms with Gasteiger partial charge < -0.3 is 4.55 Å². The van der Waals surface area contributed by atoms with Crippen molar-refractivity contribution < 1.29 is 8.76 Å². The molecule has 86 valence electrons. The second kappa shape index (κ2) is 8.14. The van der Waals surface area contributed by atoms with Crippen LogP contribution in [-0.2, 0) is 30.3 Å². The Morgan fingerprint density at radius 2 is 1.50 bits per heavy atom. The molecule has 2 nitrogen and oxygen atoms in total. The first-order chi connectivity index (χ1) is 7.13. The van der Waals surface area contributed by atoms with Crippen molar-refractivity contribution in [1.29, 1.82) is 0 Å². The van der Waals surface area contributed by atoms with Crippen LogP contribution in [0.5, 0.6) is 0 Å². The molecule has 1 N–H and O–H groups in total. The van der Waals surface area contributed by atoms with E-state index in [-0.39, 0.29) is 51.4 Å². The van der Waals surface area contributed by atoms with Gasteiger partial charge in [-0.3, -0.25) is 0 Å². The van der Waals surface area contributed by atoms with E-state index in [2.05, 4.69) is 6.92 Å². The van der Waals surface area contributed by atoms with Crippen LogP contribution in [0.15, 0.2) is 17.0 Å². The van der Waals surface area contributed by atoms with Gasteiger partial charge in [0.25, 0.3) is 0 Å². The van der Waals surface area contributed by atoms with Gasteiger partial charge in [0.1, 0.15) is 0 Å². The fourth-order valence-electron chi connectivity index (χ4n) is 1.78. The van der Waals surface area contributed by atoms with E-state index in [1.807, 2.05) is 26.0 Å². The SMILES string of the molecule is CCc1cc(CC)c(S(=O)O)c(CC)c1.[KH]. The minimum atomic E-state index is -1.86. The van der Waals surface area contributed by atoms with Gasteiger partial charge in [0, 0.05) is 0 Å². The van der Waals surface area contributed by atoms with E-state index < -0.39 is 11.1 Å². The van der Waals surface area contributed by atoms with Crippen LogP contribution in [0.4, 0.5) is 0 Å². The molecule has 0 bridgehead atoms. The van der Waals surface area contributed by atoms with Crippen molar-refractivity contribution in [3.63, 3.8) is 0 Å². The summed E-state index contributed by atoms with van der Waals surface area (Å²) in [5, 5.41) is 0. The van der Waals surface area contributed by atoms with Crippen LogP contribution < -0.4 is 0 Å². The van der Waals surface area contributed by atoms with Crippen LogP contribution in [0, 0.1) is 0 Å². The maximum absolute atomic E-state index is 11.3. The van der Waals surface area contributed by atoms with E-state index in [1.165, 1.54) is 5.56 Å². The van der Waals surface area contributed by atoms with Crippen LogP contribution >= 0.6 is 0 Å². The summed E-state index contributed by atoms with van der Waals surface area (Å²) in [6.07, 6.45) is 2.59. The maximum atomic E-state index is 11.3. The molecule has 4 heteroatoms. The first kappa shape index (κ1) is 17.0. The van der Waals surface area contributed by atoms with Crippen molar-refractivity contribution in [1.82, 2.24) is 0 Å². The zero-order chi connectivity index (χ0) is 11.4. The predicted octanol–water partition coefficient (Wildman–Crippen LogP) is 2.31. The van der Waals surface area contributed by atoms with Crippen LogP contribution in [-0.4, -0.2) is 60.1 Å². The van der Waals surface area contributed by atoms with Gasteiger partial charge in [0.2, 0.25) is 0 Å². The molecule has 1 aromatic carbocycles. The first-order valence-corrected chi connectivity index (χ1v) is 6.50. The van der Waals surface area contributed by atoms with E-state index in [1.54, 1.807) is 0 Å². The van der Waals surface area contributed by atoms with Crippen molar-refractivity contribution in [2.45, 2.75) is 44.9 Å². The van der Waals surface area contributed by atoms with E-state index >= 15 is 0 Å². The van der Waals surface area contributed by atoms with Crippen LogP contribution in [0.25, 0.3) is 0 Å².